The van der Waals surface area contributed by atoms with E-state index >= 15 is 0 Å². The summed E-state index contributed by atoms with van der Waals surface area (Å²) in [6.07, 6.45) is 4.85. The molecule has 0 spiro atoms. The number of carbonyl (C=O) groups excluding carboxylic acids is 1. The molecular formula is C26H38N10O2. The van der Waals surface area contributed by atoms with Gasteiger partial charge in [0.15, 0.2) is 5.82 Å². The number of nitrogens with zero attached hydrogens (tertiary/aromatic N) is 7. The molecule has 0 saturated carbocycles. The van der Waals surface area contributed by atoms with E-state index in [-0.39, 0.29) is 22.7 Å². The molecule has 0 radical (unpaired) electrons. The number of nitrogens with one attached hydrogen (secondary N) is 2. The van der Waals surface area contributed by atoms with Crippen LogP contribution in [0.1, 0.15) is 70.1 Å². The number of tetrazole rings is 1. The minimum atomic E-state index is -0.584. The second-order valence-electron chi connectivity index (χ2n) is 11.0. The number of likely N-dealkylation sites (tertiary alicyclic amines) is 1. The highest BCUT2D eigenvalue weighted by Gasteiger charge is 2.43. The lowest BCUT2D eigenvalue weighted by atomic mass is 9.77. The number of piperidine rings is 1. The van der Waals surface area contributed by atoms with Gasteiger partial charge in [-0.3, -0.25) is 9.69 Å². The number of rotatable bonds is 9. The SMILES string of the molecule is CCCc1nnnn1-c1cc(Nc2ncc(C(N)=O)c(NC3CC(C)(C)N(C)C(C)(C)C3)n2)ccc1OC. The minimum Gasteiger partial charge on any atom is -0.494 e. The summed E-state index contributed by atoms with van der Waals surface area (Å²) in [4.78, 5) is 23.6. The Morgan fingerprint density at radius 2 is 1.92 bits per heavy atom. The van der Waals surface area contributed by atoms with Crippen LogP contribution in [-0.4, -0.2) is 72.3 Å². The van der Waals surface area contributed by atoms with Gasteiger partial charge in [-0.15, -0.1) is 5.10 Å². The summed E-state index contributed by atoms with van der Waals surface area (Å²) < 4.78 is 7.22. The Morgan fingerprint density at radius 1 is 1.21 bits per heavy atom. The highest BCUT2D eigenvalue weighted by molar-refractivity contribution is 5.97. The lowest BCUT2D eigenvalue weighted by molar-refractivity contribution is -0.00772. The predicted molar refractivity (Wildman–Crippen MR) is 146 cm³/mol. The molecule has 0 bridgehead atoms. The van der Waals surface area contributed by atoms with Crippen molar-refractivity contribution in [3.8, 4) is 11.4 Å². The lowest BCUT2D eigenvalue weighted by Crippen LogP contribution is -2.61. The molecule has 3 aromatic rings. The molecule has 12 nitrogen and oxygen atoms in total. The number of amides is 1. The van der Waals surface area contributed by atoms with Crippen molar-refractivity contribution in [2.24, 2.45) is 5.73 Å². The van der Waals surface area contributed by atoms with Crippen molar-refractivity contribution in [2.75, 3.05) is 24.8 Å². The Bertz CT molecular complexity index is 1280. The third-order valence-corrected chi connectivity index (χ3v) is 7.37. The van der Waals surface area contributed by atoms with E-state index in [1.807, 2.05) is 18.2 Å². The van der Waals surface area contributed by atoms with Gasteiger partial charge in [0, 0.05) is 35.4 Å². The first-order chi connectivity index (χ1) is 17.9. The third-order valence-electron chi connectivity index (χ3n) is 7.37. The van der Waals surface area contributed by atoms with E-state index in [9.17, 15) is 4.79 Å². The molecule has 1 aliphatic rings. The predicted octanol–water partition coefficient (Wildman–Crippen LogP) is 3.32. The molecule has 0 atom stereocenters. The first kappa shape index (κ1) is 27.2. The first-order valence-electron chi connectivity index (χ1n) is 12.8. The summed E-state index contributed by atoms with van der Waals surface area (Å²) in [7, 11) is 3.76. The quantitative estimate of drug-likeness (QED) is 0.382. The molecule has 0 unspecified atom stereocenters. The Kier molecular flexibility index (Phi) is 7.54. The number of aromatic nitrogens is 6. The lowest BCUT2D eigenvalue weighted by Gasteiger charge is -2.53. The van der Waals surface area contributed by atoms with Crippen LogP contribution in [0.5, 0.6) is 5.75 Å². The van der Waals surface area contributed by atoms with Gasteiger partial charge in [-0.1, -0.05) is 6.92 Å². The zero-order valence-corrected chi connectivity index (χ0v) is 23.2. The zero-order valence-electron chi connectivity index (χ0n) is 23.2. The summed E-state index contributed by atoms with van der Waals surface area (Å²) >= 11 is 0. The largest absolute Gasteiger partial charge is 0.494 e. The number of carbonyl (C=O) groups is 1. The number of benzene rings is 1. The van der Waals surface area contributed by atoms with Crippen molar-refractivity contribution >= 4 is 23.4 Å². The van der Waals surface area contributed by atoms with Crippen LogP contribution in [0.25, 0.3) is 5.69 Å². The monoisotopic (exact) mass is 522 g/mol. The summed E-state index contributed by atoms with van der Waals surface area (Å²) in [5.74, 6) is 1.51. The molecule has 2 aromatic heterocycles. The summed E-state index contributed by atoms with van der Waals surface area (Å²) in [6, 6.07) is 5.65. The molecule has 1 amide bonds. The number of aryl methyl sites for hydroxylation is 1. The topological polar surface area (TPSA) is 149 Å². The molecule has 12 heteroatoms. The second-order valence-corrected chi connectivity index (χ2v) is 11.0. The van der Waals surface area contributed by atoms with Gasteiger partial charge < -0.3 is 21.1 Å². The van der Waals surface area contributed by atoms with Gasteiger partial charge in [0.1, 0.15) is 17.3 Å². The van der Waals surface area contributed by atoms with Crippen LogP contribution in [0.3, 0.4) is 0 Å². The highest BCUT2D eigenvalue weighted by atomic mass is 16.5. The number of nitrogens with two attached hydrogens (primary N) is 1. The number of hydrogen-bond acceptors (Lipinski definition) is 10. The van der Waals surface area contributed by atoms with Gasteiger partial charge >= 0.3 is 0 Å². The van der Waals surface area contributed by atoms with Crippen LogP contribution in [0.2, 0.25) is 0 Å². The molecule has 1 aliphatic heterocycles. The zero-order chi connectivity index (χ0) is 27.7. The van der Waals surface area contributed by atoms with E-state index in [0.29, 0.717) is 28.9 Å². The maximum absolute atomic E-state index is 12.2. The van der Waals surface area contributed by atoms with Gasteiger partial charge in [-0.2, -0.15) is 9.67 Å². The standard InChI is InChI=1S/C26H38N10O2/c1-8-9-21-32-33-34-36(21)19-12-16(10-11-20(19)38-7)30-24-28-15-18(22(27)37)23(31-24)29-17-13-25(2,3)35(6)26(4,5)14-17/h10-12,15,17H,8-9,13-14H2,1-7H3,(H2,27,37)(H2,28,29,30,31). The van der Waals surface area contributed by atoms with E-state index < -0.39 is 5.91 Å². The Morgan fingerprint density at radius 3 is 2.55 bits per heavy atom. The second kappa shape index (κ2) is 10.5. The van der Waals surface area contributed by atoms with Crippen LogP contribution < -0.4 is 21.1 Å². The average molecular weight is 523 g/mol. The minimum absolute atomic E-state index is 0.0350. The number of primary amides is 1. The molecule has 3 heterocycles. The fraction of sp³-hybridized carbons (Fsp3) is 0.538. The number of methoxy groups -OCH3 is 1. The molecule has 1 aromatic carbocycles. The Balaban J connectivity index is 1.63. The normalized spacial score (nSPS) is 17.2. The fourth-order valence-electron chi connectivity index (χ4n) is 5.23. The van der Waals surface area contributed by atoms with Crippen molar-refractivity contribution in [3.63, 3.8) is 0 Å². The van der Waals surface area contributed by atoms with Crippen molar-refractivity contribution in [1.29, 1.82) is 0 Å². The van der Waals surface area contributed by atoms with Gasteiger partial charge in [0.25, 0.3) is 5.91 Å². The van der Waals surface area contributed by atoms with Crippen LogP contribution in [0.4, 0.5) is 17.5 Å². The molecule has 4 N–H and O–H groups in total. The van der Waals surface area contributed by atoms with Gasteiger partial charge in [-0.25, -0.2) is 4.98 Å². The molecule has 1 saturated heterocycles. The molecule has 0 aliphatic carbocycles. The summed E-state index contributed by atoms with van der Waals surface area (Å²) in [5.41, 5.74) is 7.25. The van der Waals surface area contributed by atoms with Gasteiger partial charge in [0.2, 0.25) is 5.95 Å². The van der Waals surface area contributed by atoms with Crippen molar-refractivity contribution in [2.45, 2.75) is 77.4 Å². The van der Waals surface area contributed by atoms with Gasteiger partial charge in [-0.05, 0) is 82.6 Å². The molecule has 38 heavy (non-hydrogen) atoms. The van der Waals surface area contributed by atoms with Crippen molar-refractivity contribution < 1.29 is 9.53 Å². The van der Waals surface area contributed by atoms with Crippen LogP contribution in [-0.2, 0) is 6.42 Å². The molecule has 4 rings (SSSR count). The van der Waals surface area contributed by atoms with E-state index in [1.165, 1.54) is 6.20 Å². The van der Waals surface area contributed by atoms with Crippen molar-refractivity contribution in [1.82, 2.24) is 35.1 Å². The van der Waals surface area contributed by atoms with Gasteiger partial charge in [0.05, 0.1) is 12.7 Å². The Labute approximate surface area is 223 Å². The molecule has 204 valence electrons. The number of ether oxygens (including phenoxy) is 1. The Hall–Kier alpha value is -3.80. The van der Waals surface area contributed by atoms with E-state index in [2.05, 4.69) is 82.7 Å². The first-order valence-corrected chi connectivity index (χ1v) is 12.8. The maximum Gasteiger partial charge on any atom is 0.254 e. The van der Waals surface area contributed by atoms with Crippen LogP contribution in [0.15, 0.2) is 24.4 Å². The van der Waals surface area contributed by atoms with Crippen molar-refractivity contribution in [3.05, 3.63) is 35.8 Å². The van der Waals surface area contributed by atoms with Crippen LogP contribution in [0, 0.1) is 0 Å². The van der Waals surface area contributed by atoms with E-state index in [0.717, 1.165) is 31.5 Å². The maximum atomic E-state index is 12.2. The summed E-state index contributed by atoms with van der Waals surface area (Å²) in [5, 5.41) is 18.8. The fourth-order valence-corrected chi connectivity index (χ4v) is 5.23. The smallest absolute Gasteiger partial charge is 0.254 e. The van der Waals surface area contributed by atoms with Crippen LogP contribution >= 0.6 is 0 Å². The highest BCUT2D eigenvalue weighted by Crippen LogP contribution is 2.38. The van der Waals surface area contributed by atoms with E-state index in [1.54, 1.807) is 11.8 Å². The molecule has 1 fully saturated rings. The number of hydrogen-bond donors (Lipinski definition) is 3. The average Bonchev–Trinajstić information content (AvgIpc) is 3.30. The van der Waals surface area contributed by atoms with E-state index in [4.69, 9.17) is 10.5 Å². The number of anilines is 3. The summed E-state index contributed by atoms with van der Waals surface area (Å²) in [6.45, 7) is 11.0. The third kappa shape index (κ3) is 5.54. The molecular weight excluding hydrogens is 484 g/mol.